The Morgan fingerprint density at radius 2 is 1.75 bits per heavy atom. The zero-order valence-electron chi connectivity index (χ0n) is 17.6. The molecule has 0 aliphatic heterocycles. The largest absolute Gasteiger partial charge is 0.493 e. The summed E-state index contributed by atoms with van der Waals surface area (Å²) in [4.78, 5) is 23.7. The molecular weight excluding hydrogens is 434 g/mol. The van der Waals surface area contributed by atoms with Crippen LogP contribution in [0.3, 0.4) is 0 Å². The fourth-order valence-corrected chi connectivity index (χ4v) is 3.38. The fraction of sp³-hybridized carbons (Fsp3) is 0.174. The lowest BCUT2D eigenvalue weighted by molar-refractivity contribution is -0.384. The number of benzene rings is 3. The Bertz CT molecular complexity index is 1140. The molecule has 8 nitrogen and oxygen atoms in total. The van der Waals surface area contributed by atoms with E-state index in [4.69, 9.17) is 21.1 Å². The molecule has 0 aliphatic rings. The number of carbonyl (C=O) groups excluding carboxylic acids is 1. The zero-order chi connectivity index (χ0) is 23.1. The second-order valence-electron chi connectivity index (χ2n) is 6.77. The Labute approximate surface area is 190 Å². The Morgan fingerprint density at radius 3 is 2.44 bits per heavy atom. The molecule has 166 valence electrons. The molecule has 0 unspecified atom stereocenters. The van der Waals surface area contributed by atoms with Gasteiger partial charge in [-0.2, -0.15) is 0 Å². The number of carbonyl (C=O) groups is 1. The number of amides is 1. The van der Waals surface area contributed by atoms with Crippen molar-refractivity contribution >= 4 is 28.9 Å². The lowest BCUT2D eigenvalue weighted by Crippen LogP contribution is -2.23. The van der Waals surface area contributed by atoms with Gasteiger partial charge in [0.25, 0.3) is 11.6 Å². The van der Waals surface area contributed by atoms with E-state index in [0.29, 0.717) is 34.3 Å². The number of halogens is 1. The first-order valence-corrected chi connectivity index (χ1v) is 10.1. The van der Waals surface area contributed by atoms with Crippen molar-refractivity contribution in [3.63, 3.8) is 0 Å². The third-order valence-corrected chi connectivity index (χ3v) is 5.18. The number of nitrogens with zero attached hydrogens (tertiary/aromatic N) is 1. The van der Waals surface area contributed by atoms with Gasteiger partial charge < -0.3 is 20.1 Å². The Kier molecular flexibility index (Phi) is 7.51. The highest BCUT2D eigenvalue weighted by molar-refractivity contribution is 6.31. The van der Waals surface area contributed by atoms with Gasteiger partial charge in [-0.3, -0.25) is 14.9 Å². The van der Waals surface area contributed by atoms with Gasteiger partial charge >= 0.3 is 0 Å². The minimum Gasteiger partial charge on any atom is -0.493 e. The summed E-state index contributed by atoms with van der Waals surface area (Å²) in [7, 11) is 3.04. The molecule has 0 fully saturated rings. The molecule has 3 aromatic rings. The van der Waals surface area contributed by atoms with Crippen molar-refractivity contribution in [2.24, 2.45) is 0 Å². The first kappa shape index (κ1) is 22.9. The highest BCUT2D eigenvalue weighted by Crippen LogP contribution is 2.31. The van der Waals surface area contributed by atoms with Gasteiger partial charge in [-0.25, -0.2) is 0 Å². The van der Waals surface area contributed by atoms with E-state index in [2.05, 4.69) is 10.6 Å². The van der Waals surface area contributed by atoms with Gasteiger partial charge in [-0.1, -0.05) is 41.9 Å². The van der Waals surface area contributed by atoms with E-state index in [1.54, 1.807) is 24.3 Å². The summed E-state index contributed by atoms with van der Waals surface area (Å²) in [5.41, 5.74) is 1.77. The van der Waals surface area contributed by atoms with Gasteiger partial charge in [0, 0.05) is 35.3 Å². The average Bonchev–Trinajstić information content (AvgIpc) is 2.81. The highest BCUT2D eigenvalue weighted by atomic mass is 35.5. The summed E-state index contributed by atoms with van der Waals surface area (Å²) in [5, 5.41) is 17.9. The van der Waals surface area contributed by atoms with Crippen molar-refractivity contribution in [3.8, 4) is 11.5 Å². The number of methoxy groups -OCH3 is 2. The molecule has 3 aromatic carbocycles. The summed E-state index contributed by atoms with van der Waals surface area (Å²) in [6, 6.07) is 16.8. The van der Waals surface area contributed by atoms with Crippen molar-refractivity contribution in [2.75, 3.05) is 19.5 Å². The fourth-order valence-electron chi connectivity index (χ4n) is 3.18. The molecule has 3 rings (SSSR count). The summed E-state index contributed by atoms with van der Waals surface area (Å²) in [6.07, 6.45) is 0. The SMILES string of the molecule is COc1cccc(CNC(=O)c2ccc(NCc3ccccc3Cl)c([N+](=O)[O-])c2)c1OC. The number of ether oxygens (including phenoxy) is 2. The third kappa shape index (κ3) is 5.28. The van der Waals surface area contributed by atoms with Crippen molar-refractivity contribution in [2.45, 2.75) is 13.1 Å². The van der Waals surface area contributed by atoms with Crippen LogP contribution in [0, 0.1) is 10.1 Å². The normalized spacial score (nSPS) is 10.3. The molecule has 9 heteroatoms. The first-order chi connectivity index (χ1) is 15.4. The molecule has 0 saturated carbocycles. The van der Waals surface area contributed by atoms with Crippen LogP contribution >= 0.6 is 11.6 Å². The molecule has 0 aromatic heterocycles. The number of hydrogen-bond donors (Lipinski definition) is 2. The summed E-state index contributed by atoms with van der Waals surface area (Å²) >= 11 is 6.14. The summed E-state index contributed by atoms with van der Waals surface area (Å²) < 4.78 is 10.6. The molecule has 0 bridgehead atoms. The zero-order valence-corrected chi connectivity index (χ0v) is 18.3. The van der Waals surface area contributed by atoms with Gasteiger partial charge in [0.05, 0.1) is 19.1 Å². The van der Waals surface area contributed by atoms with Gasteiger partial charge in [0.2, 0.25) is 0 Å². The summed E-state index contributed by atoms with van der Waals surface area (Å²) in [5.74, 6) is 0.611. The lowest BCUT2D eigenvalue weighted by Gasteiger charge is -2.13. The number of para-hydroxylation sites is 1. The van der Waals surface area contributed by atoms with Crippen LogP contribution in [-0.4, -0.2) is 25.1 Å². The first-order valence-electron chi connectivity index (χ1n) is 9.68. The average molecular weight is 456 g/mol. The van der Waals surface area contributed by atoms with E-state index in [9.17, 15) is 14.9 Å². The quantitative estimate of drug-likeness (QED) is 0.354. The molecule has 0 aliphatic carbocycles. The van der Waals surface area contributed by atoms with Crippen LogP contribution in [0.25, 0.3) is 0 Å². The second kappa shape index (κ2) is 10.5. The molecule has 32 heavy (non-hydrogen) atoms. The highest BCUT2D eigenvalue weighted by Gasteiger charge is 2.18. The van der Waals surface area contributed by atoms with Crippen LogP contribution < -0.4 is 20.1 Å². The van der Waals surface area contributed by atoms with E-state index in [1.807, 2.05) is 18.2 Å². The van der Waals surface area contributed by atoms with Crippen LogP contribution in [0.5, 0.6) is 11.5 Å². The predicted octanol–water partition coefficient (Wildman–Crippen LogP) is 4.81. The van der Waals surface area contributed by atoms with Gasteiger partial charge in [0.15, 0.2) is 11.5 Å². The molecule has 0 heterocycles. The Morgan fingerprint density at radius 1 is 1.00 bits per heavy atom. The lowest BCUT2D eigenvalue weighted by atomic mass is 10.1. The molecule has 0 spiro atoms. The topological polar surface area (TPSA) is 103 Å². The summed E-state index contributed by atoms with van der Waals surface area (Å²) in [6.45, 7) is 0.473. The van der Waals surface area contributed by atoms with E-state index in [0.717, 1.165) is 5.56 Å². The smallest absolute Gasteiger partial charge is 0.293 e. The second-order valence-corrected chi connectivity index (χ2v) is 7.18. The van der Waals surface area contributed by atoms with Crippen LogP contribution in [0.15, 0.2) is 60.7 Å². The van der Waals surface area contributed by atoms with Crippen molar-refractivity contribution < 1.29 is 19.2 Å². The number of nitro groups is 1. The molecule has 1 amide bonds. The van der Waals surface area contributed by atoms with Crippen LogP contribution in [0.2, 0.25) is 5.02 Å². The molecular formula is C23H22ClN3O5. The number of nitro benzene ring substituents is 1. The number of hydrogen-bond acceptors (Lipinski definition) is 6. The van der Waals surface area contributed by atoms with Gasteiger partial charge in [-0.15, -0.1) is 0 Å². The minimum absolute atomic E-state index is 0.166. The Hall–Kier alpha value is -3.78. The van der Waals surface area contributed by atoms with Gasteiger partial charge in [0.1, 0.15) is 5.69 Å². The standard InChI is InChI=1S/C23H22ClN3O5/c1-31-21-9-5-7-17(22(21)32-2)14-26-23(28)15-10-11-19(20(12-15)27(29)30)25-13-16-6-3-4-8-18(16)24/h3-12,25H,13-14H2,1-2H3,(H,26,28). The molecule has 0 radical (unpaired) electrons. The minimum atomic E-state index is -0.531. The maximum absolute atomic E-state index is 12.6. The van der Waals surface area contributed by atoms with Crippen LogP contribution in [-0.2, 0) is 13.1 Å². The maximum atomic E-state index is 12.6. The van der Waals surface area contributed by atoms with Crippen molar-refractivity contribution in [3.05, 3.63) is 92.5 Å². The van der Waals surface area contributed by atoms with E-state index >= 15 is 0 Å². The van der Waals surface area contributed by atoms with E-state index in [1.165, 1.54) is 32.4 Å². The maximum Gasteiger partial charge on any atom is 0.293 e. The third-order valence-electron chi connectivity index (χ3n) is 4.81. The number of anilines is 1. The van der Waals surface area contributed by atoms with Gasteiger partial charge in [-0.05, 0) is 29.8 Å². The number of nitrogens with one attached hydrogen (secondary N) is 2. The molecule has 2 N–H and O–H groups in total. The van der Waals surface area contributed by atoms with Crippen LogP contribution in [0.4, 0.5) is 11.4 Å². The van der Waals surface area contributed by atoms with Crippen molar-refractivity contribution in [1.29, 1.82) is 0 Å². The monoisotopic (exact) mass is 455 g/mol. The molecule has 0 saturated heterocycles. The van der Waals surface area contributed by atoms with Crippen molar-refractivity contribution in [1.82, 2.24) is 5.32 Å². The predicted molar refractivity (Wildman–Crippen MR) is 123 cm³/mol. The van der Waals surface area contributed by atoms with E-state index in [-0.39, 0.29) is 17.8 Å². The Balaban J connectivity index is 1.74. The molecule has 0 atom stereocenters. The van der Waals surface area contributed by atoms with Crippen LogP contribution in [0.1, 0.15) is 21.5 Å². The number of rotatable bonds is 9. The van der Waals surface area contributed by atoms with E-state index < -0.39 is 10.8 Å².